The summed E-state index contributed by atoms with van der Waals surface area (Å²) in [6.45, 7) is 7.80. The number of carboxylic acid groups (broad SMARTS) is 1. The normalized spacial score (nSPS) is 24.6. The highest BCUT2D eigenvalue weighted by atomic mass is 35.5. The molecule has 0 bridgehead atoms. The number of halogens is 1. The first-order valence-electron chi connectivity index (χ1n) is 7.56. The van der Waals surface area contributed by atoms with E-state index < -0.39 is 6.09 Å². The van der Waals surface area contributed by atoms with Crippen molar-refractivity contribution in [2.45, 2.75) is 45.2 Å². The quantitative estimate of drug-likeness (QED) is 0.857. The molecule has 1 fully saturated rings. The molecule has 0 radical (unpaired) electrons. The minimum Gasteiger partial charge on any atom is -0.465 e. The van der Waals surface area contributed by atoms with Gasteiger partial charge in [-0.1, -0.05) is 32.4 Å². The smallest absolute Gasteiger partial charge is 0.408 e. The van der Waals surface area contributed by atoms with Crippen molar-refractivity contribution >= 4 is 17.7 Å². The molecule has 2 aliphatic rings. The van der Waals surface area contributed by atoms with Gasteiger partial charge < -0.3 is 9.84 Å². The number of nitrogens with zero attached hydrogens (tertiary/aromatic N) is 2. The molecule has 5 nitrogen and oxygen atoms in total. The Hall–Kier alpha value is -1.33. The van der Waals surface area contributed by atoms with E-state index in [1.807, 2.05) is 6.07 Å². The predicted octanol–water partition coefficient (Wildman–Crippen LogP) is 3.60. The molecule has 2 unspecified atom stereocenters. The highest BCUT2D eigenvalue weighted by molar-refractivity contribution is 6.31. The third-order valence-corrected chi connectivity index (χ3v) is 4.70. The van der Waals surface area contributed by atoms with E-state index in [4.69, 9.17) is 21.3 Å². The van der Waals surface area contributed by atoms with Crippen molar-refractivity contribution in [3.63, 3.8) is 0 Å². The first-order chi connectivity index (χ1) is 10.3. The summed E-state index contributed by atoms with van der Waals surface area (Å²) in [6.07, 6.45) is -0.0495. The van der Waals surface area contributed by atoms with E-state index in [-0.39, 0.29) is 17.4 Å². The standard InChI is InChI=1S/C16H21ClN2O3/c1-16(2,3)14-11(17)6-10-7-19(15(20)21)13(12(10)18-14)9-4-5-22-8-9/h6,9,13H,4-5,7-8H2,1-3H3,(H,20,21). The van der Waals surface area contributed by atoms with E-state index in [1.165, 1.54) is 4.90 Å². The number of hydrogen-bond acceptors (Lipinski definition) is 3. The summed E-state index contributed by atoms with van der Waals surface area (Å²) in [4.78, 5) is 17.9. The Labute approximate surface area is 135 Å². The van der Waals surface area contributed by atoms with Crippen molar-refractivity contribution in [1.82, 2.24) is 9.88 Å². The Morgan fingerprint density at radius 2 is 2.23 bits per heavy atom. The first-order valence-corrected chi connectivity index (χ1v) is 7.94. The molecule has 1 N–H and O–H groups in total. The lowest BCUT2D eigenvalue weighted by Crippen LogP contribution is -2.33. The molecule has 3 rings (SSSR count). The average molecular weight is 325 g/mol. The molecule has 120 valence electrons. The van der Waals surface area contributed by atoms with Gasteiger partial charge in [-0.2, -0.15) is 0 Å². The predicted molar refractivity (Wildman–Crippen MR) is 83.2 cm³/mol. The largest absolute Gasteiger partial charge is 0.465 e. The van der Waals surface area contributed by atoms with E-state index in [9.17, 15) is 9.90 Å². The highest BCUT2D eigenvalue weighted by Crippen LogP contribution is 2.43. The van der Waals surface area contributed by atoms with E-state index in [0.29, 0.717) is 24.8 Å². The van der Waals surface area contributed by atoms with Crippen molar-refractivity contribution in [3.8, 4) is 0 Å². The fraction of sp³-hybridized carbons (Fsp3) is 0.625. The summed E-state index contributed by atoms with van der Waals surface area (Å²) < 4.78 is 5.46. The molecule has 6 heteroatoms. The number of ether oxygens (including phenoxy) is 1. The molecule has 0 aliphatic carbocycles. The number of pyridine rings is 1. The van der Waals surface area contributed by atoms with Crippen LogP contribution in [-0.2, 0) is 16.7 Å². The molecular formula is C16H21ClN2O3. The third kappa shape index (κ3) is 2.57. The maximum absolute atomic E-state index is 11.6. The Kier molecular flexibility index (Phi) is 3.81. The van der Waals surface area contributed by atoms with Gasteiger partial charge in [0.25, 0.3) is 0 Å². The van der Waals surface area contributed by atoms with Crippen LogP contribution in [0.15, 0.2) is 6.07 Å². The molecule has 1 saturated heterocycles. The highest BCUT2D eigenvalue weighted by Gasteiger charge is 2.42. The zero-order valence-electron chi connectivity index (χ0n) is 13.1. The van der Waals surface area contributed by atoms with Crippen LogP contribution in [0.5, 0.6) is 0 Å². The number of carbonyl (C=O) groups is 1. The molecule has 0 spiro atoms. The van der Waals surface area contributed by atoms with Gasteiger partial charge in [0.15, 0.2) is 0 Å². The fourth-order valence-corrected chi connectivity index (χ4v) is 3.80. The molecule has 0 saturated carbocycles. The number of amides is 1. The maximum Gasteiger partial charge on any atom is 0.408 e. The van der Waals surface area contributed by atoms with Crippen molar-refractivity contribution in [2.75, 3.05) is 13.2 Å². The van der Waals surface area contributed by atoms with Gasteiger partial charge in [-0.25, -0.2) is 4.79 Å². The number of aromatic nitrogens is 1. The number of rotatable bonds is 1. The van der Waals surface area contributed by atoms with E-state index in [2.05, 4.69) is 20.8 Å². The Morgan fingerprint density at radius 1 is 1.50 bits per heavy atom. The van der Waals surface area contributed by atoms with Gasteiger partial charge in [0.1, 0.15) is 0 Å². The minimum absolute atomic E-state index is 0.166. The summed E-state index contributed by atoms with van der Waals surface area (Å²) in [7, 11) is 0. The van der Waals surface area contributed by atoms with Crippen molar-refractivity contribution in [2.24, 2.45) is 5.92 Å². The Balaban J connectivity index is 2.08. The second-order valence-corrected chi connectivity index (χ2v) is 7.50. The average Bonchev–Trinajstić information content (AvgIpc) is 3.01. The second kappa shape index (κ2) is 5.39. The molecule has 1 aromatic rings. The topological polar surface area (TPSA) is 62.7 Å². The maximum atomic E-state index is 11.6. The Morgan fingerprint density at radius 3 is 2.77 bits per heavy atom. The molecule has 2 atom stereocenters. The molecule has 3 heterocycles. The van der Waals surface area contributed by atoms with Crippen molar-refractivity contribution in [3.05, 3.63) is 28.0 Å². The van der Waals surface area contributed by atoms with Crippen LogP contribution in [0.4, 0.5) is 4.79 Å². The van der Waals surface area contributed by atoms with Crippen LogP contribution in [0, 0.1) is 5.92 Å². The summed E-state index contributed by atoms with van der Waals surface area (Å²) in [6, 6.07) is 1.66. The first kappa shape index (κ1) is 15.6. The lowest BCUT2D eigenvalue weighted by atomic mass is 9.89. The van der Waals surface area contributed by atoms with Crippen LogP contribution in [-0.4, -0.2) is 34.3 Å². The minimum atomic E-state index is -0.914. The van der Waals surface area contributed by atoms with Crippen LogP contribution in [0.2, 0.25) is 5.02 Å². The summed E-state index contributed by atoms with van der Waals surface area (Å²) in [5.41, 5.74) is 2.41. The van der Waals surface area contributed by atoms with E-state index in [1.54, 1.807) is 0 Å². The zero-order chi connectivity index (χ0) is 16.1. The van der Waals surface area contributed by atoms with Gasteiger partial charge in [0.05, 0.1) is 35.6 Å². The van der Waals surface area contributed by atoms with Crippen LogP contribution in [0.25, 0.3) is 0 Å². The van der Waals surface area contributed by atoms with Crippen LogP contribution in [0.1, 0.15) is 50.2 Å². The monoisotopic (exact) mass is 324 g/mol. The second-order valence-electron chi connectivity index (χ2n) is 7.09. The van der Waals surface area contributed by atoms with Gasteiger partial charge in [0.2, 0.25) is 0 Å². The molecule has 22 heavy (non-hydrogen) atoms. The van der Waals surface area contributed by atoms with Crippen LogP contribution >= 0.6 is 11.6 Å². The lowest BCUT2D eigenvalue weighted by molar-refractivity contribution is 0.101. The molecule has 2 aliphatic heterocycles. The fourth-order valence-electron chi connectivity index (χ4n) is 3.35. The summed E-state index contributed by atoms with van der Waals surface area (Å²) >= 11 is 6.37. The van der Waals surface area contributed by atoms with Crippen molar-refractivity contribution in [1.29, 1.82) is 0 Å². The van der Waals surface area contributed by atoms with Gasteiger partial charge >= 0.3 is 6.09 Å². The molecule has 0 aromatic carbocycles. The molecule has 1 aromatic heterocycles. The summed E-state index contributed by atoms with van der Waals surface area (Å²) in [5.74, 6) is 0.166. The Bertz CT molecular complexity index is 606. The van der Waals surface area contributed by atoms with Crippen LogP contribution < -0.4 is 0 Å². The van der Waals surface area contributed by atoms with Gasteiger partial charge in [-0.15, -0.1) is 0 Å². The van der Waals surface area contributed by atoms with Gasteiger partial charge in [-0.05, 0) is 18.1 Å². The van der Waals surface area contributed by atoms with Gasteiger partial charge in [-0.3, -0.25) is 9.88 Å². The van der Waals surface area contributed by atoms with E-state index >= 15 is 0 Å². The number of hydrogen-bond donors (Lipinski definition) is 1. The molecule has 1 amide bonds. The van der Waals surface area contributed by atoms with Crippen LogP contribution in [0.3, 0.4) is 0 Å². The number of fused-ring (bicyclic) bond motifs is 1. The lowest BCUT2D eigenvalue weighted by Gasteiger charge is -2.27. The van der Waals surface area contributed by atoms with E-state index in [0.717, 1.165) is 23.4 Å². The third-order valence-electron chi connectivity index (χ3n) is 4.41. The summed E-state index contributed by atoms with van der Waals surface area (Å²) in [5, 5.41) is 10.1. The SMILES string of the molecule is CC(C)(C)c1nc2c(cc1Cl)CN(C(=O)O)C2C1CCOC1. The zero-order valence-corrected chi connectivity index (χ0v) is 13.9. The van der Waals surface area contributed by atoms with Gasteiger partial charge in [0, 0.05) is 17.9 Å². The van der Waals surface area contributed by atoms with Crippen molar-refractivity contribution < 1.29 is 14.6 Å². The molecular weight excluding hydrogens is 304 g/mol.